The maximum atomic E-state index is 5.82. The van der Waals surface area contributed by atoms with Gasteiger partial charge in [0.05, 0.1) is 12.8 Å². The number of H-pyrrole nitrogens is 1. The van der Waals surface area contributed by atoms with Crippen LogP contribution in [0.15, 0.2) is 41.5 Å². The molecule has 0 aliphatic rings. The van der Waals surface area contributed by atoms with E-state index >= 15 is 0 Å². The summed E-state index contributed by atoms with van der Waals surface area (Å²) in [5.41, 5.74) is 0.948. The largest absolute Gasteiger partial charge is 0.493 e. The van der Waals surface area contributed by atoms with Crippen molar-refractivity contribution >= 4 is 29.2 Å². The topological polar surface area (TPSA) is 55.2 Å². The van der Waals surface area contributed by atoms with E-state index in [1.54, 1.807) is 4.68 Å². The van der Waals surface area contributed by atoms with Crippen LogP contribution in [0.4, 0.5) is 0 Å². The van der Waals surface area contributed by atoms with Crippen LogP contribution in [0.3, 0.4) is 0 Å². The highest BCUT2D eigenvalue weighted by molar-refractivity contribution is 7.71. The Labute approximate surface area is 158 Å². The molecule has 0 saturated heterocycles. The summed E-state index contributed by atoms with van der Waals surface area (Å²) in [5, 5.41) is 14.2. The fourth-order valence-corrected chi connectivity index (χ4v) is 3.33. The van der Waals surface area contributed by atoms with Gasteiger partial charge in [-0.05, 0) is 48.8 Å². The van der Waals surface area contributed by atoms with E-state index in [9.17, 15) is 0 Å². The van der Waals surface area contributed by atoms with Gasteiger partial charge in [-0.15, -0.1) is 0 Å². The van der Waals surface area contributed by atoms with Crippen LogP contribution < -0.4 is 4.74 Å². The first-order chi connectivity index (χ1) is 12.7. The van der Waals surface area contributed by atoms with Gasteiger partial charge in [-0.2, -0.15) is 14.9 Å². The summed E-state index contributed by atoms with van der Waals surface area (Å²) in [4.78, 5) is 0. The molecule has 3 aromatic rings. The third-order valence-electron chi connectivity index (χ3n) is 4.56. The summed E-state index contributed by atoms with van der Waals surface area (Å²) < 4.78 is 8.04. The molecule has 0 saturated carbocycles. The third-order valence-corrected chi connectivity index (χ3v) is 4.82. The highest BCUT2D eigenvalue weighted by Gasteiger charge is 2.15. The minimum Gasteiger partial charge on any atom is -0.493 e. The summed E-state index contributed by atoms with van der Waals surface area (Å²) in [5.74, 6) is 2.00. The zero-order valence-electron chi connectivity index (χ0n) is 15.4. The van der Waals surface area contributed by atoms with E-state index in [2.05, 4.69) is 47.3 Å². The van der Waals surface area contributed by atoms with Crippen molar-refractivity contribution in [2.24, 2.45) is 5.10 Å². The van der Waals surface area contributed by atoms with E-state index in [1.165, 1.54) is 0 Å². The minimum absolute atomic E-state index is 0.318. The van der Waals surface area contributed by atoms with Gasteiger partial charge in [0.2, 0.25) is 4.77 Å². The number of fused-ring (bicyclic) bond motifs is 1. The van der Waals surface area contributed by atoms with E-state index in [0.717, 1.165) is 40.8 Å². The summed E-state index contributed by atoms with van der Waals surface area (Å²) in [6.45, 7) is 6.88. The second kappa shape index (κ2) is 8.27. The Morgan fingerprint density at radius 2 is 1.96 bits per heavy atom. The Hall–Kier alpha value is -2.47. The average molecular weight is 369 g/mol. The molecule has 0 atom stereocenters. The Bertz CT molecular complexity index is 969. The van der Waals surface area contributed by atoms with Gasteiger partial charge < -0.3 is 4.74 Å². The highest BCUT2D eigenvalue weighted by atomic mass is 32.1. The number of hydrogen-bond donors (Lipinski definition) is 1. The van der Waals surface area contributed by atoms with E-state index in [-0.39, 0.29) is 0 Å². The molecular formula is C20H24N4OS. The van der Waals surface area contributed by atoms with Crippen molar-refractivity contribution in [2.75, 3.05) is 6.61 Å². The SMILES string of the molecule is CCOc1ccc2ccccc2c1/C=N\n1c(C(CC)CC)n[nH]c1=S. The van der Waals surface area contributed by atoms with Crippen molar-refractivity contribution < 1.29 is 4.74 Å². The van der Waals surface area contributed by atoms with Crippen LogP contribution >= 0.6 is 12.2 Å². The Kier molecular flexibility index (Phi) is 5.83. The van der Waals surface area contributed by atoms with Crippen LogP contribution in [-0.4, -0.2) is 27.7 Å². The first-order valence-corrected chi connectivity index (χ1v) is 9.46. The zero-order valence-corrected chi connectivity index (χ0v) is 16.2. The summed E-state index contributed by atoms with van der Waals surface area (Å²) >= 11 is 5.38. The molecule has 1 heterocycles. The molecule has 1 N–H and O–H groups in total. The van der Waals surface area contributed by atoms with Crippen molar-refractivity contribution in [3.8, 4) is 5.75 Å². The zero-order chi connectivity index (χ0) is 18.5. The molecule has 0 fully saturated rings. The lowest BCUT2D eigenvalue weighted by molar-refractivity contribution is 0.340. The Balaban J connectivity index is 2.11. The van der Waals surface area contributed by atoms with Gasteiger partial charge in [0.15, 0.2) is 5.82 Å². The number of ether oxygens (including phenoxy) is 1. The van der Waals surface area contributed by atoms with E-state index < -0.39 is 0 Å². The number of rotatable bonds is 7. The van der Waals surface area contributed by atoms with Crippen LogP contribution in [-0.2, 0) is 0 Å². The molecule has 136 valence electrons. The summed E-state index contributed by atoms with van der Waals surface area (Å²) in [7, 11) is 0. The van der Waals surface area contributed by atoms with Crippen LogP contribution in [0.25, 0.3) is 10.8 Å². The number of aromatic amines is 1. The predicted octanol–water partition coefficient (Wildman–Crippen LogP) is 5.28. The lowest BCUT2D eigenvalue weighted by Crippen LogP contribution is -2.06. The summed E-state index contributed by atoms with van der Waals surface area (Å²) in [6.07, 6.45) is 3.80. The molecule has 26 heavy (non-hydrogen) atoms. The number of aromatic nitrogens is 3. The second-order valence-corrected chi connectivity index (χ2v) is 6.47. The number of nitrogens with zero attached hydrogens (tertiary/aromatic N) is 3. The third kappa shape index (κ3) is 3.55. The molecule has 6 heteroatoms. The lowest BCUT2D eigenvalue weighted by atomic mass is 10.0. The van der Waals surface area contributed by atoms with Gasteiger partial charge >= 0.3 is 0 Å². The molecular weight excluding hydrogens is 344 g/mol. The van der Waals surface area contributed by atoms with Crippen molar-refractivity contribution in [3.05, 3.63) is 52.6 Å². The van der Waals surface area contributed by atoms with E-state index in [1.807, 2.05) is 31.3 Å². The monoisotopic (exact) mass is 368 g/mol. The van der Waals surface area contributed by atoms with Crippen LogP contribution in [0.1, 0.15) is 50.9 Å². The average Bonchev–Trinajstić information content (AvgIpc) is 3.02. The van der Waals surface area contributed by atoms with Crippen LogP contribution in [0.5, 0.6) is 5.75 Å². The molecule has 0 aliphatic heterocycles. The maximum Gasteiger partial charge on any atom is 0.216 e. The number of benzene rings is 2. The molecule has 0 bridgehead atoms. The second-order valence-electron chi connectivity index (χ2n) is 6.09. The fourth-order valence-electron chi connectivity index (χ4n) is 3.14. The quantitative estimate of drug-likeness (QED) is 0.456. The molecule has 0 spiro atoms. The van der Waals surface area contributed by atoms with E-state index in [4.69, 9.17) is 17.0 Å². The Morgan fingerprint density at radius 1 is 1.19 bits per heavy atom. The lowest BCUT2D eigenvalue weighted by Gasteiger charge is -2.12. The van der Waals surface area contributed by atoms with Crippen LogP contribution in [0, 0.1) is 4.77 Å². The van der Waals surface area contributed by atoms with Gasteiger partial charge in [0.25, 0.3) is 0 Å². The molecule has 5 nitrogen and oxygen atoms in total. The van der Waals surface area contributed by atoms with Crippen LogP contribution in [0.2, 0.25) is 0 Å². The van der Waals surface area contributed by atoms with Gasteiger partial charge in [-0.25, -0.2) is 0 Å². The molecule has 0 unspecified atom stereocenters. The molecule has 1 aromatic heterocycles. The predicted molar refractivity (Wildman–Crippen MR) is 109 cm³/mol. The van der Waals surface area contributed by atoms with Crippen molar-refractivity contribution in [1.82, 2.24) is 14.9 Å². The first kappa shape index (κ1) is 18.3. The maximum absolute atomic E-state index is 5.82. The minimum atomic E-state index is 0.318. The molecule has 2 aromatic carbocycles. The van der Waals surface area contributed by atoms with Crippen molar-refractivity contribution in [3.63, 3.8) is 0 Å². The molecule has 3 rings (SSSR count). The van der Waals surface area contributed by atoms with Crippen molar-refractivity contribution in [2.45, 2.75) is 39.5 Å². The molecule has 0 amide bonds. The summed E-state index contributed by atoms with van der Waals surface area (Å²) in [6, 6.07) is 12.3. The number of hydrogen-bond acceptors (Lipinski definition) is 4. The fraction of sp³-hybridized carbons (Fsp3) is 0.350. The van der Waals surface area contributed by atoms with Gasteiger partial charge in [-0.1, -0.05) is 44.2 Å². The highest BCUT2D eigenvalue weighted by Crippen LogP contribution is 2.27. The van der Waals surface area contributed by atoms with Gasteiger partial charge in [-0.3, -0.25) is 5.10 Å². The van der Waals surface area contributed by atoms with Gasteiger partial charge in [0, 0.05) is 11.5 Å². The standard InChI is InChI=1S/C20H24N4OS/c1-4-14(5-2)19-22-23-20(26)24(19)21-13-17-16-10-8-7-9-15(16)11-12-18(17)25-6-3/h7-14H,4-6H2,1-3H3,(H,23,26)/b21-13-. The smallest absolute Gasteiger partial charge is 0.216 e. The van der Waals surface area contributed by atoms with Crippen molar-refractivity contribution in [1.29, 1.82) is 0 Å². The molecule has 0 radical (unpaired) electrons. The normalized spacial score (nSPS) is 11.7. The Morgan fingerprint density at radius 3 is 2.69 bits per heavy atom. The van der Waals surface area contributed by atoms with Gasteiger partial charge in [0.1, 0.15) is 5.75 Å². The first-order valence-electron chi connectivity index (χ1n) is 9.05. The molecule has 0 aliphatic carbocycles. The number of nitrogens with one attached hydrogen (secondary N) is 1. The van der Waals surface area contributed by atoms with E-state index in [0.29, 0.717) is 17.3 Å².